The van der Waals surface area contributed by atoms with Gasteiger partial charge in [0.1, 0.15) is 23.2 Å². The average Bonchev–Trinajstić information content (AvgIpc) is 2.51. The van der Waals surface area contributed by atoms with Gasteiger partial charge in [0, 0.05) is 19.6 Å². The number of alkyl halides is 1. The van der Waals surface area contributed by atoms with Crippen molar-refractivity contribution in [3.05, 3.63) is 0 Å². The molecule has 8 heteroatoms. The zero-order valence-electron chi connectivity index (χ0n) is 18.5. The molecule has 0 rings (SSSR count). The molecule has 0 amide bonds. The molecule has 0 atom stereocenters. The molecule has 0 N–H and O–H groups in total. The molecular weight excluding hydrogens is 477 g/mol. The maximum atomic E-state index is 11.9. The molecule has 0 aromatic heterocycles. The standard InChI is InChI=1S/C20H36INO6/c1-18(2,3)15(23)26-12-9-22(10-13-27-16(24)19(4,5)6)11-14-28-17(25)20(7,8)21/h9-14H2,1-8H3. The van der Waals surface area contributed by atoms with Gasteiger partial charge in [0.05, 0.1) is 10.8 Å². The number of ether oxygens (including phenoxy) is 3. The Labute approximate surface area is 183 Å². The number of hydrogen-bond acceptors (Lipinski definition) is 7. The van der Waals surface area contributed by atoms with Crippen LogP contribution in [-0.2, 0) is 28.6 Å². The molecule has 0 aliphatic heterocycles. The number of rotatable bonds is 10. The van der Waals surface area contributed by atoms with E-state index < -0.39 is 14.3 Å². The van der Waals surface area contributed by atoms with Crippen LogP contribution in [-0.4, -0.2) is 65.7 Å². The van der Waals surface area contributed by atoms with Crippen LogP contribution in [0.5, 0.6) is 0 Å². The highest BCUT2D eigenvalue weighted by atomic mass is 127. The fourth-order valence-corrected chi connectivity index (χ4v) is 1.90. The Morgan fingerprint density at radius 1 is 0.643 bits per heavy atom. The van der Waals surface area contributed by atoms with Crippen molar-refractivity contribution in [1.82, 2.24) is 4.90 Å². The number of esters is 3. The van der Waals surface area contributed by atoms with E-state index in [1.165, 1.54) is 0 Å². The van der Waals surface area contributed by atoms with Crippen LogP contribution in [0.2, 0.25) is 0 Å². The van der Waals surface area contributed by atoms with Crippen LogP contribution < -0.4 is 0 Å². The van der Waals surface area contributed by atoms with Gasteiger partial charge in [0.2, 0.25) is 0 Å². The Morgan fingerprint density at radius 2 is 0.929 bits per heavy atom. The van der Waals surface area contributed by atoms with Gasteiger partial charge in [-0.3, -0.25) is 19.3 Å². The third-order valence-electron chi connectivity index (χ3n) is 3.63. The summed E-state index contributed by atoms with van der Waals surface area (Å²) >= 11 is 2.03. The molecular formula is C20H36INO6. The van der Waals surface area contributed by atoms with Gasteiger partial charge in [-0.2, -0.15) is 0 Å². The molecule has 0 aromatic rings. The van der Waals surface area contributed by atoms with Crippen molar-refractivity contribution in [3.63, 3.8) is 0 Å². The molecule has 0 fully saturated rings. The fraction of sp³-hybridized carbons (Fsp3) is 0.850. The van der Waals surface area contributed by atoms with Gasteiger partial charge in [-0.1, -0.05) is 22.6 Å². The fourth-order valence-electron chi connectivity index (χ4n) is 1.74. The molecule has 164 valence electrons. The van der Waals surface area contributed by atoms with Crippen LogP contribution in [0.15, 0.2) is 0 Å². The number of halogens is 1. The topological polar surface area (TPSA) is 82.1 Å². The summed E-state index contributed by atoms with van der Waals surface area (Å²) in [6.07, 6.45) is 0. The number of carbonyl (C=O) groups is 3. The first-order valence-corrected chi connectivity index (χ1v) is 10.6. The SMILES string of the molecule is CC(C)(C)C(=O)OCCN(CCOC(=O)C(C)(C)C)CCOC(=O)C(C)(C)I. The smallest absolute Gasteiger partial charge is 0.321 e. The second-order valence-corrected chi connectivity index (χ2v) is 11.9. The predicted octanol–water partition coefficient (Wildman–Crippen LogP) is 3.22. The van der Waals surface area contributed by atoms with Gasteiger partial charge in [-0.25, -0.2) is 0 Å². The van der Waals surface area contributed by atoms with Crippen molar-refractivity contribution in [2.24, 2.45) is 10.8 Å². The van der Waals surface area contributed by atoms with Crippen molar-refractivity contribution >= 4 is 40.5 Å². The molecule has 0 aromatic carbocycles. The van der Waals surface area contributed by atoms with Crippen LogP contribution in [0.25, 0.3) is 0 Å². The lowest BCUT2D eigenvalue weighted by Crippen LogP contribution is -2.37. The Bertz CT molecular complexity index is 452. The summed E-state index contributed by atoms with van der Waals surface area (Å²) in [7, 11) is 0. The van der Waals surface area contributed by atoms with Crippen LogP contribution in [0.3, 0.4) is 0 Å². The molecule has 0 heterocycles. The lowest BCUT2D eigenvalue weighted by Gasteiger charge is -2.25. The second-order valence-electron chi connectivity index (χ2n) is 9.22. The molecule has 7 nitrogen and oxygen atoms in total. The summed E-state index contributed by atoms with van der Waals surface area (Å²) in [5.74, 6) is -0.833. The van der Waals surface area contributed by atoms with E-state index in [-0.39, 0.29) is 37.7 Å². The molecule has 0 aliphatic carbocycles. The molecule has 0 radical (unpaired) electrons. The highest BCUT2D eigenvalue weighted by Crippen LogP contribution is 2.18. The molecule has 0 bridgehead atoms. The molecule has 0 unspecified atom stereocenters. The van der Waals surface area contributed by atoms with Crippen LogP contribution in [0, 0.1) is 10.8 Å². The molecule has 0 saturated heterocycles. The summed E-state index contributed by atoms with van der Waals surface area (Å²) in [5, 5.41) is 0. The number of nitrogens with zero attached hydrogens (tertiary/aromatic N) is 1. The highest BCUT2D eigenvalue weighted by molar-refractivity contribution is 14.1. The summed E-state index contributed by atoms with van der Waals surface area (Å²) in [5.41, 5.74) is -1.12. The van der Waals surface area contributed by atoms with Gasteiger partial charge >= 0.3 is 17.9 Å². The van der Waals surface area contributed by atoms with E-state index in [0.717, 1.165) is 0 Å². The number of hydrogen-bond donors (Lipinski definition) is 0. The first-order chi connectivity index (χ1) is 12.5. The van der Waals surface area contributed by atoms with E-state index in [1.807, 2.05) is 27.5 Å². The lowest BCUT2D eigenvalue weighted by molar-refractivity contribution is -0.153. The lowest BCUT2D eigenvalue weighted by atomic mass is 9.97. The predicted molar refractivity (Wildman–Crippen MR) is 116 cm³/mol. The number of carbonyl (C=O) groups excluding carboxylic acids is 3. The van der Waals surface area contributed by atoms with Gasteiger partial charge in [-0.15, -0.1) is 0 Å². The van der Waals surface area contributed by atoms with Crippen LogP contribution >= 0.6 is 22.6 Å². The van der Waals surface area contributed by atoms with Crippen LogP contribution in [0.1, 0.15) is 55.4 Å². The van der Waals surface area contributed by atoms with Gasteiger partial charge < -0.3 is 14.2 Å². The highest BCUT2D eigenvalue weighted by Gasteiger charge is 2.26. The molecule has 0 saturated carbocycles. The normalized spacial score (nSPS) is 12.6. The van der Waals surface area contributed by atoms with E-state index in [4.69, 9.17) is 14.2 Å². The zero-order valence-corrected chi connectivity index (χ0v) is 20.7. The molecule has 0 aliphatic rings. The first kappa shape index (κ1) is 27.1. The Kier molecular flexibility index (Phi) is 11.0. The summed E-state index contributed by atoms with van der Waals surface area (Å²) < 4.78 is 15.3. The van der Waals surface area contributed by atoms with E-state index in [0.29, 0.717) is 19.6 Å². The summed E-state index contributed by atoms with van der Waals surface area (Å²) in [6.45, 7) is 16.4. The maximum absolute atomic E-state index is 11.9. The Hall–Kier alpha value is -0.900. The molecule has 28 heavy (non-hydrogen) atoms. The molecule has 0 spiro atoms. The summed E-state index contributed by atoms with van der Waals surface area (Å²) in [6, 6.07) is 0. The first-order valence-electron chi connectivity index (χ1n) is 9.48. The van der Waals surface area contributed by atoms with E-state index in [1.54, 1.807) is 55.4 Å². The van der Waals surface area contributed by atoms with E-state index in [9.17, 15) is 14.4 Å². The van der Waals surface area contributed by atoms with Gasteiger partial charge in [-0.05, 0) is 55.4 Å². The zero-order chi connectivity index (χ0) is 22.2. The van der Waals surface area contributed by atoms with Crippen molar-refractivity contribution in [3.8, 4) is 0 Å². The Balaban J connectivity index is 4.58. The minimum Gasteiger partial charge on any atom is -0.464 e. The van der Waals surface area contributed by atoms with Gasteiger partial charge in [0.25, 0.3) is 0 Å². The second kappa shape index (κ2) is 11.3. The van der Waals surface area contributed by atoms with Crippen molar-refractivity contribution in [2.45, 2.75) is 58.8 Å². The van der Waals surface area contributed by atoms with Crippen molar-refractivity contribution < 1.29 is 28.6 Å². The minimum absolute atomic E-state index is 0.214. The maximum Gasteiger partial charge on any atom is 0.321 e. The van der Waals surface area contributed by atoms with Crippen LogP contribution in [0.4, 0.5) is 0 Å². The monoisotopic (exact) mass is 513 g/mol. The van der Waals surface area contributed by atoms with Crippen molar-refractivity contribution in [2.75, 3.05) is 39.5 Å². The van der Waals surface area contributed by atoms with Crippen molar-refractivity contribution in [1.29, 1.82) is 0 Å². The average molecular weight is 513 g/mol. The third-order valence-corrected chi connectivity index (χ3v) is 4.07. The summed E-state index contributed by atoms with van der Waals surface area (Å²) in [4.78, 5) is 37.6. The third kappa shape index (κ3) is 11.8. The Morgan fingerprint density at radius 3 is 1.18 bits per heavy atom. The largest absolute Gasteiger partial charge is 0.464 e. The van der Waals surface area contributed by atoms with Gasteiger partial charge in [0.15, 0.2) is 0 Å². The van der Waals surface area contributed by atoms with E-state index >= 15 is 0 Å². The van der Waals surface area contributed by atoms with E-state index in [2.05, 4.69) is 0 Å². The minimum atomic E-state index is -0.590. The quantitative estimate of drug-likeness (QED) is 0.192.